The monoisotopic (exact) mass is 472 g/mol. The number of amides is 2. The number of carbonyl (C=O) groups is 3. The first kappa shape index (κ1) is 24.0. The van der Waals surface area contributed by atoms with E-state index in [2.05, 4.69) is 29.6 Å². The van der Waals surface area contributed by atoms with Crippen molar-refractivity contribution < 1.29 is 24.2 Å². The Hall–Kier alpha value is -4.13. The lowest BCUT2D eigenvalue weighted by molar-refractivity contribution is -0.141. The molecule has 0 aliphatic heterocycles. The maximum absolute atomic E-state index is 12.9. The Labute approximate surface area is 204 Å². The number of carbonyl (C=O) groups excluding carboxylic acids is 2. The molecular formula is C28H28N2O5. The topological polar surface area (TPSA) is 95.9 Å². The van der Waals surface area contributed by atoms with E-state index in [1.807, 2.05) is 31.2 Å². The van der Waals surface area contributed by atoms with Gasteiger partial charge in [-0.2, -0.15) is 0 Å². The molecule has 0 saturated heterocycles. The van der Waals surface area contributed by atoms with Gasteiger partial charge in [-0.15, -0.1) is 0 Å². The predicted molar refractivity (Wildman–Crippen MR) is 134 cm³/mol. The van der Waals surface area contributed by atoms with Crippen LogP contribution in [-0.2, 0) is 9.53 Å². The Kier molecular flexibility index (Phi) is 6.87. The molecule has 4 rings (SSSR count). The number of ether oxygens (including phenoxy) is 1. The van der Waals surface area contributed by atoms with E-state index in [0.29, 0.717) is 11.3 Å². The summed E-state index contributed by atoms with van der Waals surface area (Å²) in [5.41, 5.74) is 6.02. The number of anilines is 1. The van der Waals surface area contributed by atoms with Crippen LogP contribution in [-0.4, -0.2) is 47.2 Å². The lowest BCUT2D eigenvalue weighted by Gasteiger charge is -2.25. The van der Waals surface area contributed by atoms with Gasteiger partial charge in [0.2, 0.25) is 0 Å². The van der Waals surface area contributed by atoms with Crippen molar-refractivity contribution in [1.29, 1.82) is 0 Å². The van der Waals surface area contributed by atoms with Crippen LogP contribution in [0, 0.1) is 6.92 Å². The summed E-state index contributed by atoms with van der Waals surface area (Å²) in [6.45, 7) is 5.42. The summed E-state index contributed by atoms with van der Waals surface area (Å²) in [6.07, 6.45) is -0.620. The summed E-state index contributed by atoms with van der Waals surface area (Å²) in [4.78, 5) is 38.3. The summed E-state index contributed by atoms with van der Waals surface area (Å²) in [5, 5.41) is 12.0. The molecular weight excluding hydrogens is 444 g/mol. The SMILES string of the molecule is CCN(C(=O)c1ccc(C)c(NC(=O)OCC2c3ccccc3-c3ccccc32)c1)C(C)C(=O)O. The van der Waals surface area contributed by atoms with Gasteiger partial charge in [0.05, 0.1) is 0 Å². The van der Waals surface area contributed by atoms with Gasteiger partial charge in [0, 0.05) is 23.7 Å². The highest BCUT2D eigenvalue weighted by molar-refractivity contribution is 5.98. The molecule has 2 amide bonds. The molecule has 1 unspecified atom stereocenters. The smallest absolute Gasteiger partial charge is 0.411 e. The van der Waals surface area contributed by atoms with E-state index in [9.17, 15) is 19.5 Å². The maximum Gasteiger partial charge on any atom is 0.411 e. The molecule has 7 heteroatoms. The van der Waals surface area contributed by atoms with E-state index in [1.54, 1.807) is 25.1 Å². The number of nitrogens with one attached hydrogen (secondary N) is 1. The van der Waals surface area contributed by atoms with E-state index < -0.39 is 24.0 Å². The van der Waals surface area contributed by atoms with Crippen molar-refractivity contribution in [3.05, 3.63) is 89.0 Å². The molecule has 1 aliphatic carbocycles. The minimum atomic E-state index is -1.08. The normalized spacial score (nSPS) is 12.9. The van der Waals surface area contributed by atoms with Crippen LogP contribution in [0.5, 0.6) is 0 Å². The molecule has 7 nitrogen and oxygen atoms in total. The molecule has 1 atom stereocenters. The fourth-order valence-corrected chi connectivity index (χ4v) is 4.53. The van der Waals surface area contributed by atoms with Gasteiger partial charge in [-0.25, -0.2) is 9.59 Å². The fourth-order valence-electron chi connectivity index (χ4n) is 4.53. The zero-order valence-electron chi connectivity index (χ0n) is 19.9. The first-order valence-corrected chi connectivity index (χ1v) is 11.6. The maximum atomic E-state index is 12.9. The number of aliphatic carboxylic acids is 1. The van der Waals surface area contributed by atoms with Crippen LogP contribution in [0.3, 0.4) is 0 Å². The minimum Gasteiger partial charge on any atom is -0.480 e. The van der Waals surface area contributed by atoms with Crippen LogP contribution in [0.4, 0.5) is 10.5 Å². The third-order valence-corrected chi connectivity index (χ3v) is 6.49. The molecule has 0 saturated carbocycles. The fraction of sp³-hybridized carbons (Fsp3) is 0.250. The number of fused-ring (bicyclic) bond motifs is 3. The Morgan fingerprint density at radius 1 is 1.00 bits per heavy atom. The second-order valence-corrected chi connectivity index (χ2v) is 8.59. The van der Waals surface area contributed by atoms with Gasteiger partial charge in [0.1, 0.15) is 12.6 Å². The Morgan fingerprint density at radius 3 is 2.17 bits per heavy atom. The highest BCUT2D eigenvalue weighted by Gasteiger charge is 2.29. The van der Waals surface area contributed by atoms with Gasteiger partial charge in [-0.05, 0) is 60.7 Å². The molecule has 1 aliphatic rings. The van der Waals surface area contributed by atoms with E-state index >= 15 is 0 Å². The molecule has 0 fully saturated rings. The minimum absolute atomic E-state index is 0.0576. The molecule has 180 valence electrons. The molecule has 35 heavy (non-hydrogen) atoms. The van der Waals surface area contributed by atoms with Crippen LogP contribution in [0.25, 0.3) is 11.1 Å². The number of likely N-dealkylation sites (N-methyl/N-ethyl adjacent to an activating group) is 1. The van der Waals surface area contributed by atoms with Crippen molar-refractivity contribution in [2.45, 2.75) is 32.7 Å². The van der Waals surface area contributed by atoms with Crippen LogP contribution in [0.15, 0.2) is 66.7 Å². The van der Waals surface area contributed by atoms with E-state index in [-0.39, 0.29) is 19.1 Å². The van der Waals surface area contributed by atoms with Gasteiger partial charge < -0.3 is 14.7 Å². The average Bonchev–Trinajstić information content (AvgIpc) is 3.18. The largest absolute Gasteiger partial charge is 0.480 e. The Morgan fingerprint density at radius 2 is 1.60 bits per heavy atom. The molecule has 0 bridgehead atoms. The zero-order valence-corrected chi connectivity index (χ0v) is 19.9. The standard InChI is InChI=1S/C28H28N2O5/c1-4-30(18(3)27(32)33)26(31)19-14-13-17(2)25(15-19)29-28(34)35-16-24-22-11-7-5-9-20(22)21-10-6-8-12-23(21)24/h5-15,18,24H,4,16H2,1-3H3,(H,29,34)(H,32,33). The van der Waals surface area contributed by atoms with Crippen molar-refractivity contribution in [2.75, 3.05) is 18.5 Å². The molecule has 0 radical (unpaired) electrons. The molecule has 3 aromatic carbocycles. The molecule has 0 heterocycles. The van der Waals surface area contributed by atoms with Gasteiger partial charge in [0.25, 0.3) is 5.91 Å². The molecule has 0 aromatic heterocycles. The highest BCUT2D eigenvalue weighted by Crippen LogP contribution is 2.44. The molecule has 0 spiro atoms. The molecule has 3 aromatic rings. The van der Waals surface area contributed by atoms with Crippen molar-refractivity contribution in [3.63, 3.8) is 0 Å². The number of hydrogen-bond acceptors (Lipinski definition) is 4. The Bertz CT molecular complexity index is 1240. The van der Waals surface area contributed by atoms with Gasteiger partial charge in [0.15, 0.2) is 0 Å². The van der Waals surface area contributed by atoms with E-state index in [4.69, 9.17) is 4.74 Å². The lowest BCUT2D eigenvalue weighted by atomic mass is 9.98. The summed E-state index contributed by atoms with van der Waals surface area (Å²) in [5.74, 6) is -1.56. The summed E-state index contributed by atoms with van der Waals surface area (Å²) in [6, 6.07) is 20.1. The van der Waals surface area contributed by atoms with Crippen LogP contribution >= 0.6 is 0 Å². The molecule has 2 N–H and O–H groups in total. The first-order valence-electron chi connectivity index (χ1n) is 11.6. The van der Waals surface area contributed by atoms with E-state index in [1.165, 1.54) is 11.8 Å². The predicted octanol–water partition coefficient (Wildman–Crippen LogP) is 5.29. The number of hydrogen-bond donors (Lipinski definition) is 2. The number of carboxylic acids is 1. The summed E-state index contributed by atoms with van der Waals surface area (Å²) in [7, 11) is 0. The van der Waals surface area contributed by atoms with Crippen molar-refractivity contribution >= 4 is 23.7 Å². The third-order valence-electron chi connectivity index (χ3n) is 6.49. The van der Waals surface area contributed by atoms with Crippen LogP contribution in [0.1, 0.15) is 46.8 Å². The highest BCUT2D eigenvalue weighted by atomic mass is 16.5. The van der Waals surface area contributed by atoms with Crippen LogP contribution < -0.4 is 5.32 Å². The van der Waals surface area contributed by atoms with Crippen LogP contribution in [0.2, 0.25) is 0 Å². The second kappa shape index (κ2) is 10.0. The number of benzene rings is 3. The summed E-state index contributed by atoms with van der Waals surface area (Å²) < 4.78 is 5.61. The van der Waals surface area contributed by atoms with Gasteiger partial charge in [-0.1, -0.05) is 54.6 Å². The van der Waals surface area contributed by atoms with Crippen molar-refractivity contribution in [2.24, 2.45) is 0 Å². The van der Waals surface area contributed by atoms with Crippen molar-refractivity contribution in [1.82, 2.24) is 4.90 Å². The lowest BCUT2D eigenvalue weighted by Crippen LogP contribution is -2.43. The number of nitrogens with zero attached hydrogens (tertiary/aromatic N) is 1. The Balaban J connectivity index is 1.47. The third kappa shape index (κ3) is 4.75. The van der Waals surface area contributed by atoms with E-state index in [0.717, 1.165) is 27.8 Å². The van der Waals surface area contributed by atoms with Gasteiger partial charge >= 0.3 is 12.1 Å². The van der Waals surface area contributed by atoms with Crippen molar-refractivity contribution in [3.8, 4) is 11.1 Å². The quantitative estimate of drug-likeness (QED) is 0.487. The zero-order chi connectivity index (χ0) is 25.1. The number of aryl methyl sites for hydroxylation is 1. The number of rotatable bonds is 7. The number of carboxylic acid groups (broad SMARTS) is 1. The van der Waals surface area contributed by atoms with Gasteiger partial charge in [-0.3, -0.25) is 10.1 Å². The first-order chi connectivity index (χ1) is 16.8. The average molecular weight is 473 g/mol. The second-order valence-electron chi connectivity index (χ2n) is 8.59. The summed E-state index contributed by atoms with van der Waals surface area (Å²) >= 11 is 0.